The van der Waals surface area contributed by atoms with E-state index in [1.165, 1.54) is 150 Å². The van der Waals surface area contributed by atoms with Gasteiger partial charge in [0.15, 0.2) is 21.3 Å². The summed E-state index contributed by atoms with van der Waals surface area (Å²) in [6, 6.07) is 31.8. The first-order valence-electron chi connectivity index (χ1n) is 53.8. The second-order valence-electron chi connectivity index (χ2n) is 45.8. The standard InChI is InChI=1S/C21H27OS.C20H32O2.C17H28O2.C16H26O4.C15H17F6NO7S2.C13H18O4.C12H22O3/c1-2-8-17(9-3-1)16-22-20-12-13-21(23-14-6-7-15-23)19-11-5-4-10-18(19)20;1-4-16(2)19-10-12-20(13-11-19)22-17(3)21-15-14-18-8-6-5-7-9-18;1-5-16(2,3)15(18)19-17(4)13-7-11-6-12(9-13)10-14(17)8-11;1-4-13(2,3)12(17)20-16-7-11-5-14(18,9-16)8-15(19,6-11)10-16;1-4-12(2,3)11(23)22-9-5-7-10(8-6-9)29-31(27,28)15(20,21)13(16,17)14(18,19)30(24,25)26;1-3-10(2)13(15)17-12-6-4-11(5-7-12)16-9-8-14;1-4-12(2,3)11(14)15-10-7-5-9(13)6-8-10/h4-5,10-13,17H,1-3,6-9,14-16H2;10-13,16-18H,4-9,14-15H2,1-3H3;11-14H,5-10H2,1-4H3;11,18-19H,4-10H2,1-3H3;5-8H,4H2,1-3H3,(H,22,23)(H,24,25,26);4-7,10,14H,3,8-9H2,1-2H3;9-10,13H,4-8H2,1-3H3/q+1;;;;;;/p-1. The van der Waals surface area contributed by atoms with Crippen molar-refractivity contribution in [3.8, 4) is 28.7 Å². The third-order valence-electron chi connectivity index (χ3n) is 32.5. The molecule has 24 nitrogen and oxygen atoms in total. The number of hydrogen-bond acceptors (Lipinski definition) is 23. The van der Waals surface area contributed by atoms with Crippen LogP contribution >= 0.6 is 0 Å². The summed E-state index contributed by atoms with van der Waals surface area (Å²) in [4.78, 5) is 61.8. The van der Waals surface area contributed by atoms with Gasteiger partial charge < -0.3 is 72.4 Å². The van der Waals surface area contributed by atoms with Crippen LogP contribution in [-0.4, -0.2) is 167 Å². The molecule has 147 heavy (non-hydrogen) atoms. The molecule has 5 aromatic carbocycles. The van der Waals surface area contributed by atoms with E-state index in [1.54, 1.807) is 49.9 Å². The van der Waals surface area contributed by atoms with E-state index < -0.39 is 76.0 Å². The maximum Gasteiger partial charge on any atom is 0.450 e. The molecule has 1 heterocycles. The van der Waals surface area contributed by atoms with Crippen molar-refractivity contribution >= 4 is 77.4 Å². The maximum atomic E-state index is 13.7. The van der Waals surface area contributed by atoms with E-state index in [9.17, 15) is 87.0 Å². The van der Waals surface area contributed by atoms with Crippen LogP contribution in [0.15, 0.2) is 114 Å². The van der Waals surface area contributed by atoms with Crippen LogP contribution in [0.3, 0.4) is 0 Å². The zero-order chi connectivity index (χ0) is 109. The summed E-state index contributed by atoms with van der Waals surface area (Å²) in [5.74, 6) is 2.22. The smallest absolute Gasteiger partial charge is 0.450 e. The predicted octanol–water partition coefficient (Wildman–Crippen LogP) is 25.2. The molecular formula is C114H169F6NO23S3. The zero-order valence-electron chi connectivity index (χ0n) is 90.1. The second-order valence-corrected chi connectivity index (χ2v) is 51.1. The number of nitrogens with one attached hydrogen (secondary N) is 1. The average molecular weight is 2130 g/mol. The van der Waals surface area contributed by atoms with Crippen molar-refractivity contribution < 1.29 is 134 Å². The quantitative estimate of drug-likeness (QED) is 0.00363. The highest BCUT2D eigenvalue weighted by Gasteiger charge is 2.81. The maximum absolute atomic E-state index is 13.7. The molecule has 33 heteroatoms. The van der Waals surface area contributed by atoms with Crippen LogP contribution in [0.2, 0.25) is 0 Å². The number of carbonyl (C=O) groups is 5. The fourth-order valence-electron chi connectivity index (χ4n) is 21.4. The number of alkyl halides is 6. The topological polar surface area (TPSA) is 353 Å². The van der Waals surface area contributed by atoms with Crippen LogP contribution in [0.4, 0.5) is 32.0 Å². The number of esters is 4. The SMILES string of the molecule is CCC(C)(C)C(=O)Nc1ccc(OS(=O)(=O)C(F)(F)C(F)(F)C(F)(F)S(=O)(=O)[O-])cc1.CCC(C)(C)C(=O)OC1(C)C2CC3CC(C2)CC1C3.CCC(C)(C)C(=O)OC12CC3CC(O)(CC(O)(C3)C1)C2.CCC(C)(C)C(=O)OC1CCC(O)CC1.CCC(C)C(=O)Oc1ccc(OCCO)cc1.CCC(C)c1ccc(OC(C)OCCC2CCCCC2)cc1.c1ccc2c([S+]3CCCC3)ccc(OCC3CCCCC3)c2c1. The Morgan fingerprint density at radius 2 is 1.02 bits per heavy atom. The van der Waals surface area contributed by atoms with E-state index in [-0.39, 0.29) is 89.5 Å². The van der Waals surface area contributed by atoms with E-state index in [2.05, 4.69) is 97.9 Å². The van der Waals surface area contributed by atoms with Gasteiger partial charge in [0.2, 0.25) is 5.91 Å². The predicted molar refractivity (Wildman–Crippen MR) is 558 cm³/mol. The number of benzene rings is 5. The number of halogens is 6. The van der Waals surface area contributed by atoms with Crippen molar-refractivity contribution in [2.75, 3.05) is 43.3 Å². The lowest BCUT2D eigenvalue weighted by Gasteiger charge is -2.62. The van der Waals surface area contributed by atoms with E-state index in [0.29, 0.717) is 78.0 Å². The number of fused-ring (bicyclic) bond motifs is 1. The Morgan fingerprint density at radius 1 is 0.524 bits per heavy atom. The molecule has 0 radical (unpaired) electrons. The van der Waals surface area contributed by atoms with E-state index in [4.69, 9.17) is 43.0 Å². The highest BCUT2D eigenvalue weighted by Crippen LogP contribution is 2.63. The molecule has 8 bridgehead atoms. The highest BCUT2D eigenvalue weighted by molar-refractivity contribution is 7.97. The summed E-state index contributed by atoms with van der Waals surface area (Å²) >= 11 is 0. The lowest BCUT2D eigenvalue weighted by molar-refractivity contribution is -0.264. The summed E-state index contributed by atoms with van der Waals surface area (Å²) in [6.07, 6.45) is 35.7. The van der Waals surface area contributed by atoms with E-state index >= 15 is 0 Å². The average Bonchev–Trinajstić information content (AvgIpc) is 1.35. The molecule has 12 aliphatic rings. The van der Waals surface area contributed by atoms with Gasteiger partial charge in [0.25, 0.3) is 0 Å². The lowest BCUT2D eigenvalue weighted by Crippen LogP contribution is -2.67. The van der Waals surface area contributed by atoms with Crippen molar-refractivity contribution in [2.24, 2.45) is 69.0 Å². The molecule has 828 valence electrons. The molecule has 0 spiro atoms. The Kier molecular flexibility index (Phi) is 44.3. The van der Waals surface area contributed by atoms with Gasteiger partial charge in [-0.3, -0.25) is 24.0 Å². The summed E-state index contributed by atoms with van der Waals surface area (Å²) in [5, 5.41) is 30.6. The van der Waals surface area contributed by atoms with Crippen molar-refractivity contribution in [2.45, 2.75) is 411 Å². The largest absolute Gasteiger partial charge is 0.743 e. The van der Waals surface area contributed by atoms with Crippen molar-refractivity contribution in [3.05, 3.63) is 115 Å². The van der Waals surface area contributed by atoms with Gasteiger partial charge in [-0.25, -0.2) is 8.42 Å². The number of anilines is 1. The summed E-state index contributed by atoms with van der Waals surface area (Å²) in [7, 11) is -13.8. The molecule has 1 aliphatic heterocycles. The minimum atomic E-state index is -7.38. The zero-order valence-corrected chi connectivity index (χ0v) is 92.6. The number of amides is 1. The summed E-state index contributed by atoms with van der Waals surface area (Å²) in [6.45, 7) is 37.0. The molecular weight excluding hydrogens is 1960 g/mol. The van der Waals surface area contributed by atoms with E-state index in [0.717, 1.165) is 131 Å². The normalized spacial score (nSPS) is 25.2. The third-order valence-corrected chi connectivity index (χ3v) is 37.2. The molecule has 1 amide bonds. The number of aliphatic hydroxyl groups is 4. The van der Waals surface area contributed by atoms with Gasteiger partial charge in [0.05, 0.1) is 59.3 Å². The molecule has 1 saturated heterocycles. The molecule has 5 unspecified atom stereocenters. The Balaban J connectivity index is 0.000000193. The first-order valence-corrected chi connectivity index (χ1v) is 58.2. The van der Waals surface area contributed by atoms with Crippen LogP contribution in [0.1, 0.15) is 354 Å². The summed E-state index contributed by atoms with van der Waals surface area (Å²) in [5.41, 5.74) is -3.13. The number of hydrogen-bond donors (Lipinski definition) is 5. The molecule has 11 aliphatic carbocycles. The summed E-state index contributed by atoms with van der Waals surface area (Å²) < 4.78 is 184. The fourth-order valence-corrected chi connectivity index (χ4v) is 25.3. The first kappa shape index (κ1) is 123. The Bertz CT molecular complexity index is 5200. The molecule has 5 N–H and O–H groups in total. The molecule has 12 fully saturated rings. The number of carbonyl (C=O) groups excluding carboxylic acids is 5. The monoisotopic (exact) mass is 2130 g/mol. The molecule has 5 aromatic rings. The fraction of sp³-hybridized carbons (Fsp3) is 0.711. The minimum absolute atomic E-state index is 0.0185. The van der Waals surface area contributed by atoms with Gasteiger partial charge >= 0.3 is 50.4 Å². The van der Waals surface area contributed by atoms with Crippen LogP contribution < -0.4 is 28.4 Å². The van der Waals surface area contributed by atoms with Gasteiger partial charge in [0.1, 0.15) is 64.2 Å². The van der Waals surface area contributed by atoms with Crippen LogP contribution in [0.5, 0.6) is 28.7 Å². The highest BCUT2D eigenvalue weighted by atomic mass is 32.2. The van der Waals surface area contributed by atoms with Crippen LogP contribution in [-0.2, 0) is 74.1 Å². The second kappa shape index (κ2) is 52.9. The Labute approximate surface area is 873 Å². The van der Waals surface area contributed by atoms with Gasteiger partial charge in [-0.05, 0) is 335 Å². The third kappa shape index (κ3) is 33.3. The number of aliphatic hydroxyl groups excluding tert-OH is 2. The minimum Gasteiger partial charge on any atom is -0.743 e. The first-order chi connectivity index (χ1) is 68.8. The Hall–Kier alpha value is -7.50. The molecule has 17 rings (SSSR count). The number of rotatable bonds is 36. The van der Waals surface area contributed by atoms with E-state index in [1.807, 2.05) is 76.2 Å². The Morgan fingerprint density at radius 3 is 1.52 bits per heavy atom. The van der Waals surface area contributed by atoms with Gasteiger partial charge in [-0.1, -0.05) is 151 Å². The van der Waals surface area contributed by atoms with Crippen LogP contribution in [0, 0.1) is 69.0 Å². The van der Waals surface area contributed by atoms with Gasteiger partial charge in [-0.15, -0.1) is 0 Å². The lowest BCUT2D eigenvalue weighted by atomic mass is 9.50. The molecule has 0 aromatic heterocycles. The van der Waals surface area contributed by atoms with Crippen molar-refractivity contribution in [1.29, 1.82) is 0 Å². The van der Waals surface area contributed by atoms with Gasteiger partial charge in [0, 0.05) is 52.0 Å². The molecule has 11 saturated carbocycles. The van der Waals surface area contributed by atoms with Gasteiger partial charge in [-0.2, -0.15) is 34.8 Å². The van der Waals surface area contributed by atoms with Crippen molar-refractivity contribution in [1.82, 2.24) is 0 Å². The van der Waals surface area contributed by atoms with Crippen LogP contribution in [0.25, 0.3) is 10.8 Å². The molecule has 5 atom stereocenters. The number of ether oxygens (including phenoxy) is 8. The van der Waals surface area contributed by atoms with Crippen molar-refractivity contribution in [3.63, 3.8) is 0 Å².